The molecule has 0 aliphatic carbocycles. The molecule has 0 aliphatic heterocycles. The first-order valence-electron chi connectivity index (χ1n) is 4.96. The van der Waals surface area contributed by atoms with E-state index in [1.165, 1.54) is 0 Å². The van der Waals surface area contributed by atoms with Crippen molar-refractivity contribution in [3.05, 3.63) is 0 Å². The summed E-state index contributed by atoms with van der Waals surface area (Å²) in [7, 11) is 0. The Hall–Kier alpha value is -1.91. The maximum atomic E-state index is 11.0. The number of urea groups is 1. The predicted molar refractivity (Wildman–Crippen MR) is 57.7 cm³/mol. The highest BCUT2D eigenvalue weighted by molar-refractivity contribution is 5.81. The lowest BCUT2D eigenvalue weighted by Crippen LogP contribution is -2.56. The molecule has 18 heavy (non-hydrogen) atoms. The third-order valence-electron chi connectivity index (χ3n) is 2.17. The summed E-state index contributed by atoms with van der Waals surface area (Å²) in [5.74, 6) is 7.44. The van der Waals surface area contributed by atoms with Crippen LogP contribution in [-0.2, 0) is 9.59 Å². The van der Waals surface area contributed by atoms with Crippen LogP contribution in [0.25, 0.3) is 0 Å². The zero-order valence-electron chi connectivity index (χ0n) is 9.44. The molecule has 8 N–H and O–H groups in total. The van der Waals surface area contributed by atoms with Gasteiger partial charge in [0.15, 0.2) is 0 Å². The first kappa shape index (κ1) is 16.1. The van der Waals surface area contributed by atoms with Gasteiger partial charge in [-0.05, 0) is 6.42 Å². The molecule has 0 aliphatic rings. The van der Waals surface area contributed by atoms with Crippen molar-refractivity contribution in [3.63, 3.8) is 0 Å². The van der Waals surface area contributed by atoms with Crippen LogP contribution in [0.4, 0.5) is 4.79 Å². The van der Waals surface area contributed by atoms with Gasteiger partial charge >= 0.3 is 18.0 Å². The minimum absolute atomic E-state index is 0.142. The molecule has 0 fully saturated rings. The van der Waals surface area contributed by atoms with E-state index in [4.69, 9.17) is 21.9 Å². The fraction of sp³-hybridized carbons (Fsp3) is 0.625. The lowest BCUT2D eigenvalue weighted by molar-refractivity contribution is -0.143. The number of nitrogens with two attached hydrogens (primary N) is 2. The van der Waals surface area contributed by atoms with Crippen LogP contribution < -0.4 is 17.1 Å². The van der Waals surface area contributed by atoms with Crippen LogP contribution in [0.5, 0.6) is 0 Å². The summed E-state index contributed by atoms with van der Waals surface area (Å²) in [4.78, 5) is 32.2. The highest BCUT2D eigenvalue weighted by Gasteiger charge is 2.29. The molecule has 104 valence electrons. The molecule has 0 heterocycles. The van der Waals surface area contributed by atoms with Gasteiger partial charge in [-0.2, -0.15) is 0 Å². The molecular weight excluding hydrogens is 248 g/mol. The highest BCUT2D eigenvalue weighted by Crippen LogP contribution is 2.09. The molecule has 10 nitrogen and oxygen atoms in total. The molecule has 2 atom stereocenters. The van der Waals surface area contributed by atoms with Gasteiger partial charge in [-0.1, -0.05) is 0 Å². The third kappa shape index (κ3) is 5.43. The lowest BCUT2D eigenvalue weighted by atomic mass is 10.0. The van der Waals surface area contributed by atoms with Crippen molar-refractivity contribution in [2.75, 3.05) is 0 Å². The van der Waals surface area contributed by atoms with Crippen LogP contribution in [0.3, 0.4) is 0 Å². The number of carboxylic acid groups (broad SMARTS) is 2. The monoisotopic (exact) mass is 264 g/mol. The number of hydrogen-bond donors (Lipinski definition) is 6. The largest absolute Gasteiger partial charge is 0.481 e. The molecule has 0 bridgehead atoms. The molecule has 0 spiro atoms. The zero-order valence-corrected chi connectivity index (χ0v) is 9.44. The Labute approximate surface area is 102 Å². The summed E-state index contributed by atoms with van der Waals surface area (Å²) in [6, 6.07) is -2.54. The van der Waals surface area contributed by atoms with Gasteiger partial charge in [-0.3, -0.25) is 10.2 Å². The highest BCUT2D eigenvalue weighted by atomic mass is 16.4. The lowest BCUT2D eigenvalue weighted by Gasteiger charge is -2.25. The molecule has 0 rings (SSSR count). The second kappa shape index (κ2) is 7.42. The number of carbonyl (C=O) groups excluding carboxylic acids is 1. The molecule has 0 aromatic rings. The Balaban J connectivity index is 4.48. The van der Waals surface area contributed by atoms with Crippen molar-refractivity contribution in [2.45, 2.75) is 31.4 Å². The zero-order chi connectivity index (χ0) is 14.3. The molecular formula is C8H16N4O6. The second-order valence-electron chi connectivity index (χ2n) is 3.53. The number of aliphatic hydroxyl groups is 1. The molecule has 0 saturated heterocycles. The van der Waals surface area contributed by atoms with Crippen molar-refractivity contribution in [1.82, 2.24) is 10.4 Å². The Morgan fingerprint density at radius 2 is 1.83 bits per heavy atom. The molecule has 0 saturated carbocycles. The van der Waals surface area contributed by atoms with E-state index in [2.05, 4.69) is 0 Å². The van der Waals surface area contributed by atoms with Crippen LogP contribution in [0.15, 0.2) is 0 Å². The normalized spacial score (nSPS) is 13.5. The van der Waals surface area contributed by atoms with E-state index in [0.29, 0.717) is 5.01 Å². The number of amides is 2. The van der Waals surface area contributed by atoms with Gasteiger partial charge in [0.2, 0.25) is 0 Å². The number of nitrogens with zero attached hydrogens (tertiary/aromatic N) is 1. The summed E-state index contributed by atoms with van der Waals surface area (Å²) >= 11 is 0. The van der Waals surface area contributed by atoms with E-state index in [1.807, 2.05) is 0 Å². The van der Waals surface area contributed by atoms with Gasteiger partial charge in [-0.25, -0.2) is 26.3 Å². The average molecular weight is 264 g/mol. The predicted octanol–water partition coefficient (Wildman–Crippen LogP) is -2.19. The summed E-state index contributed by atoms with van der Waals surface area (Å²) in [5, 5.41) is 27.0. The number of carbonyl (C=O) groups is 3. The first-order chi connectivity index (χ1) is 8.29. The van der Waals surface area contributed by atoms with E-state index in [9.17, 15) is 19.5 Å². The second-order valence-corrected chi connectivity index (χ2v) is 3.53. The van der Waals surface area contributed by atoms with Gasteiger partial charge in [-0.15, -0.1) is 0 Å². The molecule has 0 aromatic heterocycles. The van der Waals surface area contributed by atoms with Gasteiger partial charge in [0.25, 0.3) is 0 Å². The number of nitrogens with one attached hydrogen (secondary N) is 1. The maximum Gasteiger partial charge on any atom is 0.346 e. The Kier molecular flexibility index (Phi) is 6.63. The van der Waals surface area contributed by atoms with E-state index in [0.717, 1.165) is 0 Å². The number of rotatable bonds is 7. The maximum absolute atomic E-state index is 11.0. The Morgan fingerprint density at radius 3 is 2.22 bits per heavy atom. The van der Waals surface area contributed by atoms with Gasteiger partial charge in [0.05, 0.1) is 6.10 Å². The van der Waals surface area contributed by atoms with Gasteiger partial charge in [0.1, 0.15) is 6.04 Å². The number of hydrogen-bond acceptors (Lipinski definition) is 6. The van der Waals surface area contributed by atoms with E-state index < -0.39 is 36.5 Å². The van der Waals surface area contributed by atoms with Crippen LogP contribution >= 0.6 is 0 Å². The van der Waals surface area contributed by atoms with E-state index >= 15 is 0 Å². The first-order valence-corrected chi connectivity index (χ1v) is 4.96. The van der Waals surface area contributed by atoms with Crippen molar-refractivity contribution < 1.29 is 29.7 Å². The van der Waals surface area contributed by atoms with E-state index in [1.54, 1.807) is 5.43 Å². The van der Waals surface area contributed by atoms with Crippen molar-refractivity contribution in [1.29, 1.82) is 0 Å². The number of aliphatic hydroxyl groups excluding tert-OH is 1. The molecule has 2 amide bonds. The smallest absolute Gasteiger partial charge is 0.346 e. The van der Waals surface area contributed by atoms with Crippen LogP contribution in [-0.4, -0.2) is 50.4 Å². The van der Waals surface area contributed by atoms with Crippen molar-refractivity contribution in [3.8, 4) is 0 Å². The van der Waals surface area contributed by atoms with Crippen LogP contribution in [0.1, 0.15) is 19.3 Å². The summed E-state index contributed by atoms with van der Waals surface area (Å²) in [5.41, 5.74) is 1.65. The van der Waals surface area contributed by atoms with Gasteiger partial charge < -0.3 is 15.3 Å². The number of carboxylic acids is 2. The molecule has 0 radical (unpaired) electrons. The number of hydrazine groups is 2. The van der Waals surface area contributed by atoms with Crippen molar-refractivity contribution in [2.24, 2.45) is 11.7 Å². The summed E-state index contributed by atoms with van der Waals surface area (Å²) < 4.78 is 0. The standard InChI is InChI=1S/C8H16N4O6/c9-11-8(18)12(10)5(7(16)17)3-4(13)1-2-6(14)15/h4-5,13H,1-3,9-10H2,(H,11,18)(H,14,15)(H,16,17). The average Bonchev–Trinajstić information content (AvgIpc) is 2.31. The third-order valence-corrected chi connectivity index (χ3v) is 2.17. The SMILES string of the molecule is NNC(=O)N(N)C(CC(O)CCC(=O)O)C(=O)O. The Morgan fingerprint density at radius 1 is 1.28 bits per heavy atom. The molecule has 10 heteroatoms. The minimum Gasteiger partial charge on any atom is -0.481 e. The summed E-state index contributed by atoms with van der Waals surface area (Å²) in [6.07, 6.45) is -2.07. The summed E-state index contributed by atoms with van der Waals surface area (Å²) in [6.45, 7) is 0. The quantitative estimate of drug-likeness (QED) is 0.170. The minimum atomic E-state index is -1.50. The van der Waals surface area contributed by atoms with Crippen LogP contribution in [0.2, 0.25) is 0 Å². The topological polar surface area (TPSA) is 179 Å². The fourth-order valence-corrected chi connectivity index (χ4v) is 1.22. The van der Waals surface area contributed by atoms with Crippen molar-refractivity contribution >= 4 is 18.0 Å². The molecule has 0 aromatic carbocycles. The van der Waals surface area contributed by atoms with Gasteiger partial charge in [0, 0.05) is 12.8 Å². The molecule has 2 unspecified atom stereocenters. The van der Waals surface area contributed by atoms with Crippen LogP contribution in [0, 0.1) is 0 Å². The number of aliphatic carboxylic acids is 2. The Bertz CT molecular complexity index is 323. The van der Waals surface area contributed by atoms with E-state index in [-0.39, 0.29) is 12.8 Å². The fourth-order valence-electron chi connectivity index (χ4n) is 1.22.